The van der Waals surface area contributed by atoms with Crippen molar-refractivity contribution in [1.29, 1.82) is 0 Å². The van der Waals surface area contributed by atoms with Gasteiger partial charge in [0, 0.05) is 10.0 Å². The van der Waals surface area contributed by atoms with Gasteiger partial charge in [0.15, 0.2) is 0 Å². The Hall–Kier alpha value is -0.340. The zero-order valence-corrected chi connectivity index (χ0v) is 11.9. The van der Waals surface area contributed by atoms with Gasteiger partial charge < -0.3 is 5.32 Å². The first-order valence-electron chi connectivity index (χ1n) is 5.92. The number of rotatable bonds is 2. The lowest BCUT2D eigenvalue weighted by atomic mass is 9.70. The highest BCUT2D eigenvalue weighted by molar-refractivity contribution is 9.10. The highest BCUT2D eigenvalue weighted by Crippen LogP contribution is 2.41. The van der Waals surface area contributed by atoms with Gasteiger partial charge >= 0.3 is 0 Å². The number of hydrogen-bond donors (Lipinski definition) is 1. The van der Waals surface area contributed by atoms with E-state index in [0.29, 0.717) is 5.41 Å². The number of nitrogens with one attached hydrogen (secondary N) is 1. The molecule has 1 heterocycles. The van der Waals surface area contributed by atoms with E-state index in [1.165, 1.54) is 22.9 Å². The van der Waals surface area contributed by atoms with Crippen molar-refractivity contribution in [3.8, 4) is 0 Å². The zero-order chi connectivity index (χ0) is 11.8. The largest absolute Gasteiger partial charge is 0.307 e. The maximum absolute atomic E-state index is 3.64. The number of hydrogen-bond acceptors (Lipinski definition) is 1. The third-order valence-electron chi connectivity index (χ3n) is 3.22. The molecule has 1 fully saturated rings. The molecule has 1 nitrogen and oxygen atoms in total. The Morgan fingerprint density at radius 2 is 2.06 bits per heavy atom. The van der Waals surface area contributed by atoms with E-state index in [9.17, 15) is 0 Å². The summed E-state index contributed by atoms with van der Waals surface area (Å²) in [6, 6.07) is 8.71. The Bertz CT molecular complexity index is 375. The van der Waals surface area contributed by atoms with Gasteiger partial charge in [-0.15, -0.1) is 0 Å². The van der Waals surface area contributed by atoms with Crippen LogP contribution >= 0.6 is 15.9 Å². The van der Waals surface area contributed by atoms with E-state index in [4.69, 9.17) is 0 Å². The normalized spacial score (nSPS) is 25.2. The molecule has 0 spiro atoms. The first-order valence-corrected chi connectivity index (χ1v) is 6.72. The third kappa shape index (κ3) is 2.49. The van der Waals surface area contributed by atoms with Crippen LogP contribution in [0.5, 0.6) is 0 Å². The van der Waals surface area contributed by atoms with Crippen LogP contribution in [0, 0.1) is 5.41 Å². The smallest absolute Gasteiger partial charge is 0.0452 e. The second-order valence-electron chi connectivity index (χ2n) is 6.01. The predicted octanol–water partition coefficient (Wildman–Crippen LogP) is 4.07. The lowest BCUT2D eigenvalue weighted by Crippen LogP contribution is -2.55. The summed E-state index contributed by atoms with van der Waals surface area (Å²) >= 11 is 3.56. The lowest BCUT2D eigenvalue weighted by molar-refractivity contribution is 0.132. The molecule has 1 atom stereocenters. The quantitative estimate of drug-likeness (QED) is 0.862. The molecule has 2 heteroatoms. The summed E-state index contributed by atoms with van der Waals surface area (Å²) < 4.78 is 1.17. The van der Waals surface area contributed by atoms with E-state index < -0.39 is 0 Å². The van der Waals surface area contributed by atoms with Crippen molar-refractivity contribution < 1.29 is 0 Å². The predicted molar refractivity (Wildman–Crippen MR) is 72.5 cm³/mol. The molecular weight excluding hydrogens is 262 g/mol. The first kappa shape index (κ1) is 12.1. The molecule has 1 aromatic carbocycles. The summed E-state index contributed by atoms with van der Waals surface area (Å²) in [7, 11) is 0. The molecule has 88 valence electrons. The second-order valence-corrected chi connectivity index (χ2v) is 6.92. The van der Waals surface area contributed by atoms with E-state index >= 15 is 0 Å². The van der Waals surface area contributed by atoms with Crippen LogP contribution < -0.4 is 5.32 Å². The van der Waals surface area contributed by atoms with Crippen molar-refractivity contribution in [1.82, 2.24) is 5.32 Å². The Morgan fingerprint density at radius 1 is 1.38 bits per heavy atom. The number of halogens is 1. The zero-order valence-electron chi connectivity index (χ0n) is 10.3. The molecule has 0 saturated carbocycles. The average Bonchev–Trinajstić information content (AvgIpc) is 2.10. The van der Waals surface area contributed by atoms with Crippen molar-refractivity contribution in [2.24, 2.45) is 5.41 Å². The molecule has 16 heavy (non-hydrogen) atoms. The molecule has 1 unspecified atom stereocenters. The second kappa shape index (κ2) is 4.15. The van der Waals surface area contributed by atoms with Gasteiger partial charge in [-0.1, -0.05) is 48.8 Å². The minimum absolute atomic E-state index is 0.210. The molecule has 1 aliphatic heterocycles. The van der Waals surface area contributed by atoms with E-state index in [-0.39, 0.29) is 5.54 Å². The number of benzene rings is 1. The molecule has 1 aliphatic rings. The van der Waals surface area contributed by atoms with Crippen LogP contribution in [-0.4, -0.2) is 6.54 Å². The topological polar surface area (TPSA) is 12.0 Å². The van der Waals surface area contributed by atoms with Crippen molar-refractivity contribution in [2.45, 2.75) is 39.2 Å². The average molecular weight is 282 g/mol. The minimum Gasteiger partial charge on any atom is -0.307 e. The Labute approximate surface area is 107 Å². The van der Waals surface area contributed by atoms with Crippen LogP contribution in [0.1, 0.15) is 39.2 Å². The molecule has 1 saturated heterocycles. The molecule has 0 radical (unpaired) electrons. The Balaban J connectivity index is 2.28. The summed E-state index contributed by atoms with van der Waals surface area (Å²) in [5.41, 5.74) is 1.99. The third-order valence-corrected chi connectivity index (χ3v) is 3.72. The fourth-order valence-corrected chi connectivity index (χ4v) is 3.02. The van der Waals surface area contributed by atoms with E-state index in [2.05, 4.69) is 66.3 Å². The SMILES string of the molecule is CC(C)(C)CC1(c2cccc(Br)c2)CCN1. The highest BCUT2D eigenvalue weighted by atomic mass is 79.9. The molecule has 0 aliphatic carbocycles. The van der Waals surface area contributed by atoms with Gasteiger partial charge in [-0.3, -0.25) is 0 Å². The summed E-state index contributed by atoms with van der Waals surface area (Å²) in [5.74, 6) is 0. The van der Waals surface area contributed by atoms with Gasteiger partial charge in [-0.05, 0) is 42.5 Å². The molecule has 0 amide bonds. The van der Waals surface area contributed by atoms with Crippen molar-refractivity contribution in [2.75, 3.05) is 6.54 Å². The van der Waals surface area contributed by atoms with Crippen LogP contribution in [0.15, 0.2) is 28.7 Å². The van der Waals surface area contributed by atoms with Crippen LogP contribution in [0.4, 0.5) is 0 Å². The van der Waals surface area contributed by atoms with Crippen molar-refractivity contribution >= 4 is 15.9 Å². The fourth-order valence-electron chi connectivity index (χ4n) is 2.62. The molecule has 2 rings (SSSR count). The fraction of sp³-hybridized carbons (Fsp3) is 0.571. The summed E-state index contributed by atoms with van der Waals surface area (Å²) in [6.07, 6.45) is 2.44. The summed E-state index contributed by atoms with van der Waals surface area (Å²) in [6.45, 7) is 8.08. The van der Waals surface area contributed by atoms with E-state index in [1.54, 1.807) is 0 Å². The van der Waals surface area contributed by atoms with Crippen molar-refractivity contribution in [3.05, 3.63) is 34.3 Å². The molecule has 0 bridgehead atoms. The van der Waals surface area contributed by atoms with Gasteiger partial charge in [0.05, 0.1) is 0 Å². The summed E-state index contributed by atoms with van der Waals surface area (Å²) in [4.78, 5) is 0. The van der Waals surface area contributed by atoms with Gasteiger partial charge in [-0.25, -0.2) is 0 Å². The maximum atomic E-state index is 3.64. The molecule has 1 N–H and O–H groups in total. The van der Waals surface area contributed by atoms with Crippen LogP contribution in [0.2, 0.25) is 0 Å². The molecular formula is C14H20BrN. The standard InChI is InChI=1S/C14H20BrN/c1-13(2,3)10-14(7-8-16-14)11-5-4-6-12(15)9-11/h4-6,9,16H,7-8,10H2,1-3H3. The molecule has 0 aromatic heterocycles. The van der Waals surface area contributed by atoms with Crippen molar-refractivity contribution in [3.63, 3.8) is 0 Å². The van der Waals surface area contributed by atoms with E-state index in [1.807, 2.05) is 0 Å². The van der Waals surface area contributed by atoms with Crippen LogP contribution in [-0.2, 0) is 5.54 Å². The van der Waals surface area contributed by atoms with Gasteiger partial charge in [-0.2, -0.15) is 0 Å². The summed E-state index contributed by atoms with van der Waals surface area (Å²) in [5, 5.41) is 3.64. The van der Waals surface area contributed by atoms with E-state index in [0.717, 1.165) is 6.54 Å². The van der Waals surface area contributed by atoms with Gasteiger partial charge in [0.2, 0.25) is 0 Å². The van der Waals surface area contributed by atoms with Gasteiger partial charge in [0.1, 0.15) is 0 Å². The van der Waals surface area contributed by atoms with Gasteiger partial charge in [0.25, 0.3) is 0 Å². The first-order chi connectivity index (χ1) is 7.41. The van der Waals surface area contributed by atoms with Crippen LogP contribution in [0.25, 0.3) is 0 Å². The molecule has 1 aromatic rings. The highest BCUT2D eigenvalue weighted by Gasteiger charge is 2.41. The Kier molecular flexibility index (Phi) is 3.15. The van der Waals surface area contributed by atoms with Crippen LogP contribution in [0.3, 0.4) is 0 Å². The monoisotopic (exact) mass is 281 g/mol. The minimum atomic E-state index is 0.210. The lowest BCUT2D eigenvalue weighted by Gasteiger charge is -2.47. The maximum Gasteiger partial charge on any atom is 0.0452 e. The Morgan fingerprint density at radius 3 is 2.50 bits per heavy atom.